The molecule has 2 aliphatic rings. The minimum atomic E-state index is 0. The van der Waals surface area contributed by atoms with Gasteiger partial charge in [0.15, 0.2) is 11.8 Å². The van der Waals surface area contributed by atoms with Gasteiger partial charge in [-0.1, -0.05) is 18.0 Å². The van der Waals surface area contributed by atoms with Gasteiger partial charge in [0, 0.05) is 32.2 Å². The van der Waals surface area contributed by atoms with Crippen LogP contribution in [0.4, 0.5) is 0 Å². The Hall–Kier alpha value is -0.900. The predicted molar refractivity (Wildman–Crippen MR) is 100 cm³/mol. The molecule has 1 atom stereocenters. The first-order valence-electron chi connectivity index (χ1n) is 8.25. The molecule has 130 valence electrons. The average molecular weight is 434 g/mol. The van der Waals surface area contributed by atoms with Gasteiger partial charge in [-0.25, -0.2) is 0 Å². The van der Waals surface area contributed by atoms with Crippen molar-refractivity contribution in [3.63, 3.8) is 0 Å². The number of rotatable bonds is 4. The van der Waals surface area contributed by atoms with Crippen molar-refractivity contribution in [1.82, 2.24) is 25.7 Å². The summed E-state index contributed by atoms with van der Waals surface area (Å²) in [6, 6.07) is 1.28. The van der Waals surface area contributed by atoms with Gasteiger partial charge in [0.25, 0.3) is 0 Å². The number of aromatic nitrogens is 2. The molecule has 0 aromatic carbocycles. The van der Waals surface area contributed by atoms with Gasteiger partial charge in [0.05, 0.1) is 6.54 Å². The number of aryl methyl sites for hydroxylation is 1. The summed E-state index contributed by atoms with van der Waals surface area (Å²) in [7, 11) is 1.79. The molecule has 0 amide bonds. The van der Waals surface area contributed by atoms with Crippen LogP contribution in [0.3, 0.4) is 0 Å². The van der Waals surface area contributed by atoms with E-state index in [0.29, 0.717) is 24.3 Å². The zero-order chi connectivity index (χ0) is 15.4. The molecule has 7 nitrogen and oxygen atoms in total. The van der Waals surface area contributed by atoms with Crippen LogP contribution >= 0.6 is 24.0 Å². The molecule has 1 aromatic rings. The predicted octanol–water partition coefficient (Wildman–Crippen LogP) is 1.68. The maximum absolute atomic E-state index is 5.10. The number of hydrogen-bond donors (Lipinski definition) is 2. The van der Waals surface area contributed by atoms with Gasteiger partial charge in [-0.2, -0.15) is 4.98 Å². The van der Waals surface area contributed by atoms with E-state index in [4.69, 9.17) is 4.52 Å². The van der Waals surface area contributed by atoms with E-state index in [1.165, 1.54) is 38.6 Å². The van der Waals surface area contributed by atoms with Gasteiger partial charge < -0.3 is 15.2 Å². The lowest BCUT2D eigenvalue weighted by Crippen LogP contribution is -2.45. The lowest BCUT2D eigenvalue weighted by atomic mass is 10.2. The molecule has 2 heterocycles. The van der Waals surface area contributed by atoms with Crippen LogP contribution in [0.15, 0.2) is 9.52 Å². The van der Waals surface area contributed by atoms with E-state index >= 15 is 0 Å². The Bertz CT molecular complexity index is 514. The van der Waals surface area contributed by atoms with Crippen molar-refractivity contribution in [2.45, 2.75) is 57.7 Å². The number of likely N-dealkylation sites (tertiary alicyclic amines) is 1. The second-order valence-electron chi connectivity index (χ2n) is 6.22. The van der Waals surface area contributed by atoms with E-state index in [-0.39, 0.29) is 24.0 Å². The molecule has 1 aliphatic carbocycles. The molecular weight excluding hydrogens is 407 g/mol. The lowest BCUT2D eigenvalue weighted by Gasteiger charge is -2.24. The summed E-state index contributed by atoms with van der Waals surface area (Å²) < 4.78 is 5.10. The molecule has 1 aromatic heterocycles. The molecule has 2 N–H and O–H groups in total. The lowest BCUT2D eigenvalue weighted by molar-refractivity contribution is 0.242. The van der Waals surface area contributed by atoms with Crippen LogP contribution < -0.4 is 10.6 Å². The van der Waals surface area contributed by atoms with Gasteiger partial charge in [-0.05, 0) is 26.2 Å². The molecule has 1 aliphatic heterocycles. The van der Waals surface area contributed by atoms with Crippen molar-refractivity contribution >= 4 is 29.9 Å². The van der Waals surface area contributed by atoms with Gasteiger partial charge in [-0.15, -0.1) is 24.0 Å². The second-order valence-corrected chi connectivity index (χ2v) is 6.22. The second kappa shape index (κ2) is 8.81. The van der Waals surface area contributed by atoms with Crippen molar-refractivity contribution in [3.05, 3.63) is 11.7 Å². The first-order chi connectivity index (χ1) is 10.7. The zero-order valence-corrected chi connectivity index (χ0v) is 16.2. The molecule has 2 fully saturated rings. The molecule has 1 saturated heterocycles. The fourth-order valence-electron chi connectivity index (χ4n) is 3.47. The third-order valence-electron chi connectivity index (χ3n) is 4.60. The molecule has 1 unspecified atom stereocenters. The van der Waals surface area contributed by atoms with Gasteiger partial charge in [0.2, 0.25) is 5.89 Å². The molecule has 0 radical (unpaired) electrons. The molecule has 0 bridgehead atoms. The summed E-state index contributed by atoms with van der Waals surface area (Å²) in [5.41, 5.74) is 0. The van der Waals surface area contributed by atoms with Crippen LogP contribution in [0.25, 0.3) is 0 Å². The van der Waals surface area contributed by atoms with Crippen LogP contribution in [-0.2, 0) is 6.54 Å². The van der Waals surface area contributed by atoms with E-state index in [9.17, 15) is 0 Å². The quantitative estimate of drug-likeness (QED) is 0.427. The van der Waals surface area contributed by atoms with Crippen LogP contribution in [0.2, 0.25) is 0 Å². The summed E-state index contributed by atoms with van der Waals surface area (Å²) in [5, 5.41) is 10.5. The summed E-state index contributed by atoms with van der Waals surface area (Å²) in [6.45, 7) is 4.63. The maximum atomic E-state index is 5.10. The number of halogens is 1. The van der Waals surface area contributed by atoms with E-state index in [1.54, 1.807) is 7.05 Å². The monoisotopic (exact) mass is 434 g/mol. The van der Waals surface area contributed by atoms with Crippen LogP contribution in [-0.4, -0.2) is 53.2 Å². The van der Waals surface area contributed by atoms with Crippen molar-refractivity contribution in [1.29, 1.82) is 0 Å². The largest absolute Gasteiger partial charge is 0.352 e. The van der Waals surface area contributed by atoms with Crippen LogP contribution in [0.1, 0.15) is 43.8 Å². The number of nitrogens with zero attached hydrogens (tertiary/aromatic N) is 4. The molecule has 23 heavy (non-hydrogen) atoms. The first kappa shape index (κ1) is 18.4. The minimum absolute atomic E-state index is 0. The van der Waals surface area contributed by atoms with Gasteiger partial charge in [-0.3, -0.25) is 9.89 Å². The summed E-state index contributed by atoms with van der Waals surface area (Å²) >= 11 is 0. The summed E-state index contributed by atoms with van der Waals surface area (Å²) in [5.74, 6) is 2.04. The zero-order valence-electron chi connectivity index (χ0n) is 13.9. The Labute approximate surface area is 154 Å². The molecule has 0 spiro atoms. The number of guanidine groups is 1. The van der Waals surface area contributed by atoms with Crippen molar-refractivity contribution in [3.8, 4) is 0 Å². The van der Waals surface area contributed by atoms with Crippen LogP contribution in [0, 0.1) is 6.92 Å². The average Bonchev–Trinajstić information content (AvgIpc) is 3.24. The molecule has 8 heteroatoms. The highest BCUT2D eigenvalue weighted by Crippen LogP contribution is 2.26. The Kier molecular flexibility index (Phi) is 7.07. The third-order valence-corrected chi connectivity index (χ3v) is 4.60. The Morgan fingerprint density at radius 3 is 2.78 bits per heavy atom. The van der Waals surface area contributed by atoms with E-state index in [2.05, 4.69) is 30.7 Å². The van der Waals surface area contributed by atoms with Crippen molar-refractivity contribution < 1.29 is 4.52 Å². The van der Waals surface area contributed by atoms with E-state index < -0.39 is 0 Å². The maximum Gasteiger partial charge on any atom is 0.246 e. The third kappa shape index (κ3) is 5.03. The van der Waals surface area contributed by atoms with Crippen molar-refractivity contribution in [2.75, 3.05) is 20.1 Å². The van der Waals surface area contributed by atoms with E-state index in [1.807, 2.05) is 6.92 Å². The number of aliphatic imine (C=N–C) groups is 1. The highest BCUT2D eigenvalue weighted by atomic mass is 127. The Balaban J connectivity index is 0.00000192. The molecule has 1 saturated carbocycles. The Morgan fingerprint density at radius 2 is 2.13 bits per heavy atom. The van der Waals surface area contributed by atoms with E-state index in [0.717, 1.165) is 18.5 Å². The van der Waals surface area contributed by atoms with Gasteiger partial charge >= 0.3 is 0 Å². The molecule has 3 rings (SSSR count). The van der Waals surface area contributed by atoms with Crippen LogP contribution in [0.5, 0.6) is 0 Å². The summed E-state index contributed by atoms with van der Waals surface area (Å²) in [6.07, 6.45) is 6.71. The SMILES string of the molecule is CN=C(NCc1nc(C)no1)NC1CCN(C2CCCC2)C1.I. The fourth-order valence-corrected chi connectivity index (χ4v) is 3.47. The number of nitrogens with one attached hydrogen (secondary N) is 2. The Morgan fingerprint density at radius 1 is 1.35 bits per heavy atom. The highest BCUT2D eigenvalue weighted by Gasteiger charge is 2.30. The fraction of sp³-hybridized carbons (Fsp3) is 0.800. The standard InChI is InChI=1S/C15H26N6O.HI/c1-11-18-14(22-20-11)9-17-15(16-2)19-12-7-8-21(10-12)13-5-3-4-6-13;/h12-13H,3-10H2,1-2H3,(H2,16,17,19);1H. The molecular formula is C15H27IN6O. The number of hydrogen-bond acceptors (Lipinski definition) is 5. The minimum Gasteiger partial charge on any atom is -0.352 e. The topological polar surface area (TPSA) is 78.6 Å². The smallest absolute Gasteiger partial charge is 0.246 e. The van der Waals surface area contributed by atoms with Crippen molar-refractivity contribution in [2.24, 2.45) is 4.99 Å². The highest BCUT2D eigenvalue weighted by molar-refractivity contribution is 14.0. The normalized spacial score (nSPS) is 23.0. The summed E-state index contributed by atoms with van der Waals surface area (Å²) in [4.78, 5) is 11.1. The van der Waals surface area contributed by atoms with Gasteiger partial charge in [0.1, 0.15) is 0 Å². The first-order valence-corrected chi connectivity index (χ1v) is 8.25.